The van der Waals surface area contributed by atoms with Gasteiger partial charge in [0.2, 0.25) is 11.1 Å². The van der Waals surface area contributed by atoms with Crippen molar-refractivity contribution in [1.29, 1.82) is 0 Å². The Labute approximate surface area is 202 Å². The fourth-order valence-electron chi connectivity index (χ4n) is 4.15. The Morgan fingerprint density at radius 3 is 2.38 bits per heavy atom. The molecule has 3 aromatic carbocycles. The van der Waals surface area contributed by atoms with Gasteiger partial charge < -0.3 is 15.5 Å². The molecule has 5 rings (SSSR count). The summed E-state index contributed by atoms with van der Waals surface area (Å²) in [7, 11) is 1.64. The quantitative estimate of drug-likeness (QED) is 0.428. The molecule has 0 saturated carbocycles. The van der Waals surface area contributed by atoms with E-state index in [9.17, 15) is 4.79 Å². The maximum absolute atomic E-state index is 13.5. The Bertz CT molecular complexity index is 1300. The highest BCUT2D eigenvalue weighted by Gasteiger charge is 2.38. The van der Waals surface area contributed by atoms with E-state index in [1.54, 1.807) is 7.11 Å². The van der Waals surface area contributed by atoms with E-state index in [0.717, 1.165) is 33.7 Å². The molecule has 34 heavy (non-hydrogen) atoms. The summed E-state index contributed by atoms with van der Waals surface area (Å²) in [5.41, 5.74) is 8.40. The molecule has 8 heteroatoms. The number of nitrogens with zero attached hydrogens (tertiary/aromatic N) is 3. The van der Waals surface area contributed by atoms with Gasteiger partial charge in [-0.3, -0.25) is 4.79 Å². The number of hydrogen-bond donors (Lipinski definition) is 2. The molecule has 2 atom stereocenters. The topological polar surface area (TPSA) is 81.1 Å². The lowest BCUT2D eigenvalue weighted by molar-refractivity contribution is -0.116. The first kappa shape index (κ1) is 22.0. The van der Waals surface area contributed by atoms with Crippen LogP contribution in [0, 0.1) is 13.8 Å². The number of carbonyl (C=O) groups is 1. The fourth-order valence-corrected chi connectivity index (χ4v) is 5.23. The molecule has 0 spiro atoms. The average molecular weight is 472 g/mol. The van der Waals surface area contributed by atoms with Crippen LogP contribution in [0.15, 0.2) is 78.0 Å². The molecule has 4 aromatic rings. The van der Waals surface area contributed by atoms with Gasteiger partial charge in [0.1, 0.15) is 11.0 Å². The van der Waals surface area contributed by atoms with E-state index in [1.807, 2.05) is 85.3 Å². The van der Waals surface area contributed by atoms with E-state index in [0.29, 0.717) is 11.0 Å². The highest BCUT2D eigenvalue weighted by molar-refractivity contribution is 8.00. The number of hydrogen-bond acceptors (Lipinski definition) is 6. The Balaban J connectivity index is 1.51. The van der Waals surface area contributed by atoms with Crippen LogP contribution in [0.3, 0.4) is 0 Å². The fraction of sp³-hybridized carbons (Fsp3) is 0.192. The summed E-state index contributed by atoms with van der Waals surface area (Å²) in [4.78, 5) is 13.5. The zero-order valence-corrected chi connectivity index (χ0v) is 20.0. The third kappa shape index (κ3) is 4.36. The molecule has 0 radical (unpaired) electrons. The van der Waals surface area contributed by atoms with Crippen LogP contribution in [0.5, 0.6) is 5.75 Å². The number of amides is 1. The Hall–Kier alpha value is -3.78. The number of anilines is 1. The first-order valence-corrected chi connectivity index (χ1v) is 11.9. The molecule has 2 N–H and O–H groups in total. The van der Waals surface area contributed by atoms with Gasteiger partial charge in [-0.05, 0) is 54.8 Å². The largest absolute Gasteiger partial charge is 0.497 e. The maximum atomic E-state index is 13.5. The van der Waals surface area contributed by atoms with Gasteiger partial charge in [0.05, 0.1) is 13.2 Å². The number of carbonyl (C=O) groups excluding carboxylic acids is 1. The molecule has 1 amide bonds. The number of methoxy groups -OCH3 is 1. The summed E-state index contributed by atoms with van der Waals surface area (Å²) in [6.07, 6.45) is 0. The zero-order valence-electron chi connectivity index (χ0n) is 19.1. The second-order valence-corrected chi connectivity index (χ2v) is 9.40. The van der Waals surface area contributed by atoms with Crippen LogP contribution in [-0.4, -0.2) is 33.1 Å². The lowest BCUT2D eigenvalue weighted by Crippen LogP contribution is -2.41. The molecule has 7 nitrogen and oxygen atoms in total. The summed E-state index contributed by atoms with van der Waals surface area (Å²) in [5.74, 6) is 1.37. The van der Waals surface area contributed by atoms with E-state index in [4.69, 9.17) is 4.74 Å². The number of thioether (sulfide) groups is 1. The molecule has 1 aliphatic rings. The van der Waals surface area contributed by atoms with Crippen molar-refractivity contribution in [3.05, 3.63) is 89.5 Å². The van der Waals surface area contributed by atoms with Crippen LogP contribution < -0.4 is 15.5 Å². The number of ether oxygens (including phenoxy) is 1. The number of benzene rings is 3. The van der Waals surface area contributed by atoms with Gasteiger partial charge in [-0.15, -0.1) is 10.2 Å². The van der Waals surface area contributed by atoms with Gasteiger partial charge in [-0.1, -0.05) is 60.3 Å². The van der Waals surface area contributed by atoms with Crippen molar-refractivity contribution < 1.29 is 9.53 Å². The SMILES string of the molecule is COc1ccc([C@@H]2Nn3c(nnc3-c3ccccc3)S[C@@H]2C(=O)Nc2cc(C)cc(C)c2)cc1. The lowest BCUT2D eigenvalue weighted by Gasteiger charge is -2.33. The summed E-state index contributed by atoms with van der Waals surface area (Å²) in [5, 5.41) is 12.1. The second-order valence-electron chi connectivity index (χ2n) is 8.29. The van der Waals surface area contributed by atoms with Crippen molar-refractivity contribution >= 4 is 23.4 Å². The van der Waals surface area contributed by atoms with Crippen LogP contribution in [-0.2, 0) is 4.79 Å². The first-order chi connectivity index (χ1) is 16.5. The van der Waals surface area contributed by atoms with E-state index < -0.39 is 5.25 Å². The molecule has 1 aromatic heterocycles. The minimum Gasteiger partial charge on any atom is -0.497 e. The molecule has 0 unspecified atom stereocenters. The number of aromatic nitrogens is 3. The number of fused-ring (bicyclic) bond motifs is 1. The predicted octanol–water partition coefficient (Wildman–Crippen LogP) is 4.97. The highest BCUT2D eigenvalue weighted by Crippen LogP contribution is 2.39. The minimum absolute atomic E-state index is 0.0983. The van der Waals surface area contributed by atoms with Crippen molar-refractivity contribution in [3.63, 3.8) is 0 Å². The third-order valence-corrected chi connectivity index (χ3v) is 6.91. The Morgan fingerprint density at radius 1 is 1.00 bits per heavy atom. The monoisotopic (exact) mass is 471 g/mol. The standard InChI is InChI=1S/C26H25N5O2S/c1-16-13-17(2)15-20(14-16)27-25(32)23-22(18-9-11-21(33-3)12-10-18)30-31-24(28-29-26(31)34-23)19-7-5-4-6-8-19/h4-15,22-23,30H,1-3H3,(H,27,32)/t22-,23-/m0/s1. The molecule has 0 fully saturated rings. The van der Waals surface area contributed by atoms with Gasteiger partial charge in [-0.25, -0.2) is 4.68 Å². The number of aryl methyl sites for hydroxylation is 2. The third-order valence-electron chi connectivity index (χ3n) is 5.69. The normalized spacial score (nSPS) is 16.9. The second kappa shape index (κ2) is 9.23. The predicted molar refractivity (Wildman–Crippen MR) is 135 cm³/mol. The summed E-state index contributed by atoms with van der Waals surface area (Å²) in [6, 6.07) is 23.4. The molecule has 1 aliphatic heterocycles. The summed E-state index contributed by atoms with van der Waals surface area (Å²) in [6.45, 7) is 4.04. The van der Waals surface area contributed by atoms with Gasteiger partial charge in [0, 0.05) is 11.3 Å². The molecule has 0 aliphatic carbocycles. The van der Waals surface area contributed by atoms with Crippen LogP contribution in [0.4, 0.5) is 5.69 Å². The molecule has 0 bridgehead atoms. The maximum Gasteiger partial charge on any atom is 0.240 e. The molecular formula is C26H25N5O2S. The zero-order chi connectivity index (χ0) is 23.7. The van der Waals surface area contributed by atoms with Crippen molar-refractivity contribution in [2.24, 2.45) is 0 Å². The Morgan fingerprint density at radius 2 is 1.71 bits per heavy atom. The molecule has 2 heterocycles. The van der Waals surface area contributed by atoms with Crippen molar-refractivity contribution in [2.45, 2.75) is 30.3 Å². The molecule has 172 valence electrons. The lowest BCUT2D eigenvalue weighted by atomic mass is 10.0. The van der Waals surface area contributed by atoms with Crippen LogP contribution in [0.1, 0.15) is 22.7 Å². The van der Waals surface area contributed by atoms with Crippen molar-refractivity contribution in [3.8, 4) is 17.1 Å². The minimum atomic E-state index is -0.463. The van der Waals surface area contributed by atoms with Gasteiger partial charge in [0.15, 0.2) is 5.82 Å². The van der Waals surface area contributed by atoms with Crippen molar-refractivity contribution in [2.75, 3.05) is 17.9 Å². The number of rotatable bonds is 5. The summed E-state index contributed by atoms with van der Waals surface area (Å²) >= 11 is 1.40. The molecule has 0 saturated heterocycles. The highest BCUT2D eigenvalue weighted by atomic mass is 32.2. The number of nitrogens with one attached hydrogen (secondary N) is 2. The summed E-state index contributed by atoms with van der Waals surface area (Å²) < 4.78 is 7.19. The van der Waals surface area contributed by atoms with Gasteiger partial charge in [-0.2, -0.15) is 0 Å². The average Bonchev–Trinajstić information content (AvgIpc) is 3.26. The molecular weight excluding hydrogens is 446 g/mol. The van der Waals surface area contributed by atoms with E-state index in [1.165, 1.54) is 11.8 Å². The van der Waals surface area contributed by atoms with E-state index >= 15 is 0 Å². The van der Waals surface area contributed by atoms with Crippen LogP contribution >= 0.6 is 11.8 Å². The van der Waals surface area contributed by atoms with E-state index in [2.05, 4.69) is 27.0 Å². The van der Waals surface area contributed by atoms with Crippen molar-refractivity contribution in [1.82, 2.24) is 14.9 Å². The van der Waals surface area contributed by atoms with Gasteiger partial charge in [0.25, 0.3) is 0 Å². The smallest absolute Gasteiger partial charge is 0.240 e. The van der Waals surface area contributed by atoms with Gasteiger partial charge >= 0.3 is 0 Å². The first-order valence-electron chi connectivity index (χ1n) is 11.0. The van der Waals surface area contributed by atoms with Crippen LogP contribution in [0.25, 0.3) is 11.4 Å². The van der Waals surface area contributed by atoms with E-state index in [-0.39, 0.29) is 11.9 Å². The Kier molecular flexibility index (Phi) is 5.98. The van der Waals surface area contributed by atoms with Crippen LogP contribution in [0.2, 0.25) is 0 Å².